The van der Waals surface area contributed by atoms with Crippen LogP contribution in [0.5, 0.6) is 0 Å². The van der Waals surface area contributed by atoms with Crippen molar-refractivity contribution < 1.29 is 14.3 Å². The highest BCUT2D eigenvalue weighted by Gasteiger charge is 2.16. The molecule has 1 N–H and O–H groups in total. The summed E-state index contributed by atoms with van der Waals surface area (Å²) in [4.78, 5) is 13.6. The molecule has 12 heteroatoms. The van der Waals surface area contributed by atoms with Crippen LogP contribution in [0, 0.1) is 0 Å². The molecule has 0 aliphatic heterocycles. The van der Waals surface area contributed by atoms with E-state index in [1.54, 1.807) is 29.3 Å². The highest BCUT2D eigenvalue weighted by atomic mass is 32.2. The Labute approximate surface area is 174 Å². The zero-order valence-corrected chi connectivity index (χ0v) is 17.9. The van der Waals surface area contributed by atoms with Crippen molar-refractivity contribution in [2.45, 2.75) is 36.8 Å². The van der Waals surface area contributed by atoms with Gasteiger partial charge < -0.3 is 9.47 Å². The first kappa shape index (κ1) is 20.9. The second kappa shape index (κ2) is 10.6. The van der Waals surface area contributed by atoms with Crippen molar-refractivity contribution in [1.29, 1.82) is 0 Å². The number of carbonyl (C=O) groups is 1. The lowest BCUT2D eigenvalue weighted by atomic mass is 10.4. The van der Waals surface area contributed by atoms with Gasteiger partial charge in [0.1, 0.15) is 0 Å². The smallest absolute Gasteiger partial charge is 0.279 e. The molecule has 0 radical (unpaired) electrons. The number of thioether (sulfide) groups is 1. The predicted molar refractivity (Wildman–Crippen MR) is 109 cm³/mol. The van der Waals surface area contributed by atoms with E-state index >= 15 is 0 Å². The summed E-state index contributed by atoms with van der Waals surface area (Å²) in [5.41, 5.74) is 0.190. The van der Waals surface area contributed by atoms with E-state index in [1.165, 1.54) is 20.9 Å². The Balaban J connectivity index is 1.53. The number of hydrogen-bond donors (Lipinski definition) is 1. The lowest BCUT2D eigenvalue weighted by Crippen LogP contribution is -2.24. The molecule has 3 aromatic heterocycles. The first-order valence-corrected chi connectivity index (χ1v) is 11.3. The summed E-state index contributed by atoms with van der Waals surface area (Å²) in [6, 6.07) is 4.09. The predicted octanol–water partition coefficient (Wildman–Crippen LogP) is 3.13. The number of ether oxygens (including phenoxy) is 2. The Kier molecular flexibility index (Phi) is 7.91. The SMILES string of the molecule is CCOC(Cn1cc(C(=O)Nc2nnc(SCc3cccs3)s2)nn1)OCC. The normalized spacial score (nSPS) is 11.2. The molecule has 0 saturated carbocycles. The number of aromatic nitrogens is 5. The topological polar surface area (TPSA) is 104 Å². The average Bonchev–Trinajstić information content (AvgIpc) is 3.43. The molecule has 0 aromatic carbocycles. The van der Waals surface area contributed by atoms with Crippen LogP contribution in [0.25, 0.3) is 0 Å². The van der Waals surface area contributed by atoms with Gasteiger partial charge in [-0.05, 0) is 25.3 Å². The molecule has 0 fully saturated rings. The van der Waals surface area contributed by atoms with E-state index < -0.39 is 6.29 Å². The Morgan fingerprint density at radius 3 is 2.82 bits per heavy atom. The second-order valence-corrected chi connectivity index (χ2v) is 8.59. The maximum Gasteiger partial charge on any atom is 0.279 e. The van der Waals surface area contributed by atoms with Crippen LogP contribution in [-0.2, 0) is 21.8 Å². The van der Waals surface area contributed by atoms with Gasteiger partial charge >= 0.3 is 0 Å². The summed E-state index contributed by atoms with van der Waals surface area (Å²) >= 11 is 4.61. The van der Waals surface area contributed by atoms with Crippen LogP contribution in [0.3, 0.4) is 0 Å². The van der Waals surface area contributed by atoms with Gasteiger partial charge in [0.2, 0.25) is 5.13 Å². The van der Waals surface area contributed by atoms with E-state index in [9.17, 15) is 4.79 Å². The van der Waals surface area contributed by atoms with Crippen LogP contribution in [0.1, 0.15) is 29.2 Å². The quantitative estimate of drug-likeness (QED) is 0.275. The van der Waals surface area contributed by atoms with Gasteiger partial charge in [0.15, 0.2) is 16.3 Å². The summed E-state index contributed by atoms with van der Waals surface area (Å²) in [6.45, 7) is 5.18. The van der Waals surface area contributed by atoms with Crippen LogP contribution in [0.2, 0.25) is 0 Å². The fourth-order valence-electron chi connectivity index (χ4n) is 2.18. The lowest BCUT2D eigenvalue weighted by Gasteiger charge is -2.16. The minimum Gasteiger partial charge on any atom is -0.351 e. The molecule has 3 heterocycles. The summed E-state index contributed by atoms with van der Waals surface area (Å²) in [5, 5.41) is 21.1. The Hall–Kier alpha value is -1.86. The molecule has 0 unspecified atom stereocenters. The maximum atomic E-state index is 12.4. The van der Waals surface area contributed by atoms with Crippen LogP contribution in [0.4, 0.5) is 5.13 Å². The van der Waals surface area contributed by atoms with Gasteiger partial charge in [-0.1, -0.05) is 34.4 Å². The van der Waals surface area contributed by atoms with Gasteiger partial charge in [-0.15, -0.1) is 26.6 Å². The van der Waals surface area contributed by atoms with Crippen LogP contribution in [-0.4, -0.2) is 50.6 Å². The van der Waals surface area contributed by atoms with Gasteiger partial charge in [0.05, 0.1) is 12.7 Å². The number of thiophene rings is 1. The summed E-state index contributed by atoms with van der Waals surface area (Å²) in [7, 11) is 0. The number of anilines is 1. The Bertz CT molecular complexity index is 861. The van der Waals surface area contributed by atoms with Crippen molar-refractivity contribution in [2.75, 3.05) is 18.5 Å². The van der Waals surface area contributed by atoms with Gasteiger partial charge in [0, 0.05) is 23.8 Å². The molecular weight excluding hydrogens is 420 g/mol. The van der Waals surface area contributed by atoms with Crippen molar-refractivity contribution in [3.05, 3.63) is 34.3 Å². The third-order valence-electron chi connectivity index (χ3n) is 3.36. The largest absolute Gasteiger partial charge is 0.351 e. The molecule has 0 aliphatic rings. The monoisotopic (exact) mass is 440 g/mol. The molecule has 9 nitrogen and oxygen atoms in total. The molecule has 0 bridgehead atoms. The van der Waals surface area contributed by atoms with Crippen molar-refractivity contribution in [2.24, 2.45) is 0 Å². The highest BCUT2D eigenvalue weighted by Crippen LogP contribution is 2.29. The molecule has 3 rings (SSSR count). The second-order valence-electron chi connectivity index (χ2n) is 5.36. The third kappa shape index (κ3) is 6.07. The highest BCUT2D eigenvalue weighted by molar-refractivity contribution is 8.00. The van der Waals surface area contributed by atoms with Gasteiger partial charge in [-0.3, -0.25) is 10.1 Å². The molecule has 150 valence electrons. The van der Waals surface area contributed by atoms with Crippen molar-refractivity contribution >= 4 is 45.5 Å². The Morgan fingerprint density at radius 2 is 2.11 bits per heavy atom. The van der Waals surface area contributed by atoms with E-state index in [0.717, 1.165) is 10.1 Å². The maximum absolute atomic E-state index is 12.4. The minimum atomic E-state index is -0.432. The van der Waals surface area contributed by atoms with Crippen LogP contribution in [0.15, 0.2) is 28.0 Å². The molecule has 3 aromatic rings. The van der Waals surface area contributed by atoms with E-state index in [4.69, 9.17) is 9.47 Å². The summed E-state index contributed by atoms with van der Waals surface area (Å²) in [5.74, 6) is 0.441. The first-order valence-electron chi connectivity index (χ1n) is 8.61. The van der Waals surface area contributed by atoms with E-state index in [0.29, 0.717) is 24.9 Å². The standard InChI is InChI=1S/C16H20N6O3S3/c1-3-24-13(25-4-2)9-22-8-12(18-21-22)14(23)17-15-19-20-16(28-15)27-10-11-6-5-7-26-11/h5-8,13H,3-4,9-10H2,1-2H3,(H,17,19,23). The lowest BCUT2D eigenvalue weighted by molar-refractivity contribution is -0.145. The molecule has 1 amide bonds. The Morgan fingerprint density at radius 1 is 1.29 bits per heavy atom. The molecule has 0 atom stereocenters. The first-order chi connectivity index (χ1) is 13.7. The summed E-state index contributed by atoms with van der Waals surface area (Å²) < 4.78 is 13.3. The van der Waals surface area contributed by atoms with Gasteiger partial charge in [-0.25, -0.2) is 4.68 Å². The van der Waals surface area contributed by atoms with E-state index in [2.05, 4.69) is 31.9 Å². The number of rotatable bonds is 11. The molecule has 28 heavy (non-hydrogen) atoms. The van der Waals surface area contributed by atoms with Gasteiger partial charge in [0.25, 0.3) is 5.91 Å². The fourth-order valence-corrected chi connectivity index (χ4v) is 4.70. The van der Waals surface area contributed by atoms with E-state index in [1.807, 2.05) is 25.3 Å². The zero-order valence-electron chi connectivity index (χ0n) is 15.4. The molecule has 0 spiro atoms. The van der Waals surface area contributed by atoms with Crippen LogP contribution >= 0.6 is 34.4 Å². The molecule has 0 saturated heterocycles. The van der Waals surface area contributed by atoms with Gasteiger partial charge in [-0.2, -0.15) is 0 Å². The number of carbonyl (C=O) groups excluding carboxylic acids is 1. The number of nitrogens with one attached hydrogen (secondary N) is 1. The van der Waals surface area contributed by atoms with Crippen LogP contribution < -0.4 is 5.32 Å². The average molecular weight is 441 g/mol. The third-order valence-corrected chi connectivity index (χ3v) is 6.44. The number of hydrogen-bond acceptors (Lipinski definition) is 10. The fraction of sp³-hybridized carbons (Fsp3) is 0.438. The molecular formula is C16H20N6O3S3. The van der Waals surface area contributed by atoms with Crippen molar-refractivity contribution in [1.82, 2.24) is 25.2 Å². The van der Waals surface area contributed by atoms with E-state index in [-0.39, 0.29) is 11.6 Å². The van der Waals surface area contributed by atoms with Crippen molar-refractivity contribution in [3.8, 4) is 0 Å². The number of nitrogens with zero attached hydrogens (tertiary/aromatic N) is 5. The number of amides is 1. The zero-order chi connectivity index (χ0) is 19.8. The molecule has 0 aliphatic carbocycles. The summed E-state index contributed by atoms with van der Waals surface area (Å²) in [6.07, 6.45) is 1.12. The van der Waals surface area contributed by atoms with Crippen molar-refractivity contribution in [3.63, 3.8) is 0 Å². The minimum absolute atomic E-state index is 0.190.